The number of aliphatic hydroxyl groups is 2. The molecule has 4 aliphatic rings. The Hall–Kier alpha value is -0.640. The minimum atomic E-state index is -4.92. The average molecular weight is 525 g/mol. The number of carboxylic acids is 1. The van der Waals surface area contributed by atoms with Crippen LogP contribution in [0.5, 0.6) is 0 Å². The number of rotatable bonds is 6. The molecule has 0 saturated heterocycles. The fourth-order valence-electron chi connectivity index (χ4n) is 8.93. The summed E-state index contributed by atoms with van der Waals surface area (Å²) in [6, 6.07) is 0. The molecule has 0 aliphatic heterocycles. The Morgan fingerprint density at radius 1 is 1.11 bits per heavy atom. The Balaban J connectivity index is 1.75. The van der Waals surface area contributed by atoms with Gasteiger partial charge in [0.25, 0.3) is 0 Å². The van der Waals surface area contributed by atoms with Gasteiger partial charge in [0.1, 0.15) is 0 Å². The number of carbonyl (C=O) groups is 1. The van der Waals surface area contributed by atoms with Crippen LogP contribution in [0, 0.1) is 46.3 Å². The van der Waals surface area contributed by atoms with Crippen molar-refractivity contribution in [2.75, 3.05) is 0 Å². The molecule has 5 N–H and O–H groups in total. The Kier molecular flexibility index (Phi) is 6.81. The number of hydrogen-bond acceptors (Lipinski definition) is 5. The highest BCUT2D eigenvalue weighted by atomic mass is 31.2. The molecular formula is C24H39F2O8P. The molecule has 11 unspecified atom stereocenters. The van der Waals surface area contributed by atoms with Gasteiger partial charge in [0, 0.05) is 37.0 Å². The lowest BCUT2D eigenvalue weighted by Crippen LogP contribution is -2.66. The summed E-state index contributed by atoms with van der Waals surface area (Å²) in [4.78, 5) is 30.7. The SMILES string of the molecule is CC(CCC(=O)O)C1CCC2C3C(CC(OP(=O)(O)O)C12C)C1(C)CCC(O)(F)CC1CC3(O)F. The molecule has 0 spiro atoms. The topological polar surface area (TPSA) is 145 Å². The van der Waals surface area contributed by atoms with Crippen molar-refractivity contribution >= 4 is 13.8 Å². The maximum absolute atomic E-state index is 16.1. The van der Waals surface area contributed by atoms with Gasteiger partial charge in [0.2, 0.25) is 11.7 Å². The van der Waals surface area contributed by atoms with Gasteiger partial charge in [-0.15, -0.1) is 0 Å². The highest BCUT2D eigenvalue weighted by Gasteiger charge is 2.71. The molecule has 35 heavy (non-hydrogen) atoms. The highest BCUT2D eigenvalue weighted by molar-refractivity contribution is 7.46. The van der Waals surface area contributed by atoms with Gasteiger partial charge in [0.15, 0.2) is 0 Å². The third kappa shape index (κ3) is 4.72. The maximum atomic E-state index is 16.1. The van der Waals surface area contributed by atoms with Gasteiger partial charge in [-0.3, -0.25) is 9.32 Å². The van der Waals surface area contributed by atoms with Crippen LogP contribution in [-0.4, -0.2) is 48.9 Å². The van der Waals surface area contributed by atoms with Crippen molar-refractivity contribution in [2.24, 2.45) is 46.3 Å². The van der Waals surface area contributed by atoms with E-state index in [1.165, 1.54) is 0 Å². The number of hydrogen-bond donors (Lipinski definition) is 5. The van der Waals surface area contributed by atoms with E-state index in [-0.39, 0.29) is 50.4 Å². The van der Waals surface area contributed by atoms with E-state index in [2.05, 4.69) is 0 Å². The van der Waals surface area contributed by atoms with Gasteiger partial charge in [-0.25, -0.2) is 13.3 Å². The number of halogens is 2. The summed E-state index contributed by atoms with van der Waals surface area (Å²) in [6.07, 6.45) is 0.156. The van der Waals surface area contributed by atoms with Crippen molar-refractivity contribution in [1.82, 2.24) is 0 Å². The predicted octanol–water partition coefficient (Wildman–Crippen LogP) is 4.16. The van der Waals surface area contributed by atoms with Crippen LogP contribution in [0.3, 0.4) is 0 Å². The minimum Gasteiger partial charge on any atom is -0.481 e. The molecule has 0 heterocycles. The number of fused-ring (bicyclic) bond motifs is 5. The lowest BCUT2D eigenvalue weighted by Gasteiger charge is -2.65. The van der Waals surface area contributed by atoms with Gasteiger partial charge in [-0.2, -0.15) is 0 Å². The number of phosphoric ester groups is 1. The summed E-state index contributed by atoms with van der Waals surface area (Å²) in [5, 5.41) is 30.3. The molecule has 11 heteroatoms. The molecule has 0 aromatic rings. The highest BCUT2D eigenvalue weighted by Crippen LogP contribution is 2.72. The monoisotopic (exact) mass is 524 g/mol. The molecule has 4 fully saturated rings. The summed E-state index contributed by atoms with van der Waals surface area (Å²) < 4.78 is 48.1. The molecule has 0 radical (unpaired) electrons. The molecular weight excluding hydrogens is 485 g/mol. The van der Waals surface area contributed by atoms with Crippen LogP contribution in [0.4, 0.5) is 8.78 Å². The standard InChI is InChI=1S/C24H39F2O8P/c1-13(4-7-19(27)28)15-5-6-16-20-17(10-18(22(15,16)3)34-35(31,32)33)21(2)8-9-23(25,29)11-14(21)12-24(20,26)30/h13-18,20,29-30H,4-12H2,1-3H3,(H,27,28)(H2,31,32,33). The third-order valence-corrected chi connectivity index (χ3v) is 11.1. The van der Waals surface area contributed by atoms with E-state index in [4.69, 9.17) is 9.63 Å². The molecule has 8 nitrogen and oxygen atoms in total. The van der Waals surface area contributed by atoms with Crippen molar-refractivity contribution in [3.05, 3.63) is 0 Å². The van der Waals surface area contributed by atoms with Crippen LogP contribution in [-0.2, 0) is 13.9 Å². The van der Waals surface area contributed by atoms with Crippen LogP contribution in [0.2, 0.25) is 0 Å². The molecule has 11 atom stereocenters. The van der Waals surface area contributed by atoms with Crippen LogP contribution >= 0.6 is 7.82 Å². The fourth-order valence-corrected chi connectivity index (χ4v) is 9.58. The van der Waals surface area contributed by atoms with Gasteiger partial charge >= 0.3 is 13.8 Å². The summed E-state index contributed by atoms with van der Waals surface area (Å²) in [6.45, 7) is 5.67. The van der Waals surface area contributed by atoms with Crippen molar-refractivity contribution in [3.8, 4) is 0 Å². The molecule has 4 aliphatic carbocycles. The number of alkyl halides is 2. The fraction of sp³-hybridized carbons (Fsp3) is 0.958. The van der Waals surface area contributed by atoms with Crippen LogP contribution in [0.1, 0.15) is 78.6 Å². The molecule has 0 aromatic carbocycles. The van der Waals surface area contributed by atoms with E-state index in [0.717, 1.165) is 0 Å². The first kappa shape index (κ1) is 27.4. The second kappa shape index (κ2) is 8.70. The Labute approximate surface area is 204 Å². The van der Waals surface area contributed by atoms with Gasteiger partial charge in [0.05, 0.1) is 6.10 Å². The zero-order chi connectivity index (χ0) is 26.2. The van der Waals surface area contributed by atoms with E-state index in [0.29, 0.717) is 19.3 Å². The largest absolute Gasteiger partial charge is 0.481 e. The smallest absolute Gasteiger partial charge is 0.469 e. The van der Waals surface area contributed by atoms with Crippen molar-refractivity contribution < 1.29 is 47.8 Å². The second-order valence-electron chi connectivity index (χ2n) is 12.4. The first-order chi connectivity index (χ1) is 15.9. The summed E-state index contributed by atoms with van der Waals surface area (Å²) >= 11 is 0. The first-order valence-corrected chi connectivity index (χ1v) is 14.2. The van der Waals surface area contributed by atoms with E-state index in [1.807, 2.05) is 20.8 Å². The molecule has 4 saturated carbocycles. The molecule has 0 aromatic heterocycles. The Morgan fingerprint density at radius 2 is 1.77 bits per heavy atom. The number of phosphoric acid groups is 1. The van der Waals surface area contributed by atoms with Crippen LogP contribution in [0.25, 0.3) is 0 Å². The summed E-state index contributed by atoms with van der Waals surface area (Å²) in [5.74, 6) is -8.70. The molecule has 0 amide bonds. The van der Waals surface area contributed by atoms with Crippen LogP contribution < -0.4 is 0 Å². The van der Waals surface area contributed by atoms with E-state index < -0.39 is 66.1 Å². The summed E-state index contributed by atoms with van der Waals surface area (Å²) in [7, 11) is -4.92. The Morgan fingerprint density at radius 3 is 2.37 bits per heavy atom. The van der Waals surface area contributed by atoms with Crippen molar-refractivity contribution in [1.29, 1.82) is 0 Å². The summed E-state index contributed by atoms with van der Waals surface area (Å²) in [5.41, 5.74) is -1.52. The zero-order valence-electron chi connectivity index (χ0n) is 20.6. The zero-order valence-corrected chi connectivity index (χ0v) is 21.5. The third-order valence-electron chi connectivity index (χ3n) is 10.6. The predicted molar refractivity (Wildman–Crippen MR) is 121 cm³/mol. The minimum absolute atomic E-state index is 0.0482. The van der Waals surface area contributed by atoms with E-state index in [1.54, 1.807) is 0 Å². The second-order valence-corrected chi connectivity index (χ2v) is 13.6. The van der Waals surface area contributed by atoms with Crippen molar-refractivity contribution in [3.63, 3.8) is 0 Å². The average Bonchev–Trinajstić information content (AvgIpc) is 3.05. The molecule has 202 valence electrons. The lowest BCUT2D eigenvalue weighted by molar-refractivity contribution is -0.295. The van der Waals surface area contributed by atoms with E-state index >= 15 is 4.39 Å². The van der Waals surface area contributed by atoms with Gasteiger partial charge < -0.3 is 25.1 Å². The number of aliphatic carboxylic acids is 1. The first-order valence-electron chi connectivity index (χ1n) is 12.7. The lowest BCUT2D eigenvalue weighted by atomic mass is 9.42. The molecule has 4 rings (SSSR count). The normalized spacial score (nSPS) is 50.7. The van der Waals surface area contributed by atoms with Gasteiger partial charge in [-0.05, 0) is 67.1 Å². The van der Waals surface area contributed by atoms with Gasteiger partial charge in [-0.1, -0.05) is 20.8 Å². The van der Waals surface area contributed by atoms with Crippen LogP contribution in [0.15, 0.2) is 0 Å². The van der Waals surface area contributed by atoms with Crippen molar-refractivity contribution in [2.45, 2.75) is 96.4 Å². The molecule has 0 bridgehead atoms. The maximum Gasteiger partial charge on any atom is 0.469 e. The number of carboxylic acid groups (broad SMARTS) is 1. The Bertz CT molecular complexity index is 893. The quantitative estimate of drug-likeness (QED) is 0.326. The van der Waals surface area contributed by atoms with E-state index in [9.17, 15) is 33.7 Å².